The molecule has 1 atom stereocenters. The van der Waals surface area contributed by atoms with Gasteiger partial charge in [-0.15, -0.1) is 0 Å². The number of hydrogen-bond donors (Lipinski definition) is 2. The van der Waals surface area contributed by atoms with E-state index in [-0.39, 0.29) is 25.7 Å². The van der Waals surface area contributed by atoms with Crippen LogP contribution in [0.5, 0.6) is 0 Å². The van der Waals surface area contributed by atoms with E-state index in [1.807, 2.05) is 0 Å². The second-order valence-electron chi connectivity index (χ2n) is 7.26. The zero-order chi connectivity index (χ0) is 22.1. The fourth-order valence-corrected chi connectivity index (χ4v) is 4.11. The molecule has 1 aromatic heterocycles. The van der Waals surface area contributed by atoms with E-state index in [2.05, 4.69) is 10.3 Å². The van der Waals surface area contributed by atoms with Crippen molar-refractivity contribution in [3.05, 3.63) is 63.4 Å². The Kier molecular flexibility index (Phi) is 6.60. The van der Waals surface area contributed by atoms with Crippen molar-refractivity contribution in [3.8, 4) is 0 Å². The molecule has 0 unspecified atom stereocenters. The maximum absolute atomic E-state index is 13.6. The maximum Gasteiger partial charge on any atom is 0.417 e. The lowest BCUT2D eigenvalue weighted by Crippen LogP contribution is -2.48. The Labute approximate surface area is 180 Å². The molecule has 1 fully saturated rings. The highest BCUT2D eigenvalue weighted by Crippen LogP contribution is 2.41. The van der Waals surface area contributed by atoms with Crippen LogP contribution in [-0.4, -0.2) is 27.8 Å². The first kappa shape index (κ1) is 22.8. The predicted molar refractivity (Wildman–Crippen MR) is 104 cm³/mol. The third-order valence-corrected chi connectivity index (χ3v) is 5.80. The van der Waals surface area contributed by atoms with Crippen molar-refractivity contribution in [3.63, 3.8) is 0 Å². The maximum atomic E-state index is 13.6. The summed E-state index contributed by atoms with van der Waals surface area (Å²) in [4.78, 5) is 16.5. The van der Waals surface area contributed by atoms with Gasteiger partial charge in [0.2, 0.25) is 0 Å². The standard InChI is InChI=1S/C20H18Cl2F4N2O2/c21-12-3-1-2-11(10-12)17(19(30)7-4-13(23)5-8-19)28-18(29)16-15(22)14(6-9-27-16)20(24,25)26/h1-3,6,9-10,13,17,30H,4-5,7-8H2,(H,28,29)/t13?,17-,19?/m0/s1. The normalized spacial score (nSPS) is 23.1. The lowest BCUT2D eigenvalue weighted by molar-refractivity contribution is -0.137. The van der Waals surface area contributed by atoms with Gasteiger partial charge in [0.05, 0.1) is 22.2 Å². The SMILES string of the molecule is O=C(N[C@@H](c1cccc(Cl)c1)C1(O)CCC(F)CC1)c1nccc(C(F)(F)F)c1Cl. The predicted octanol–water partition coefficient (Wildman–Crippen LogP) is 5.52. The molecule has 1 heterocycles. The molecule has 1 aliphatic rings. The molecule has 1 amide bonds. The number of nitrogens with zero attached hydrogens (tertiary/aromatic N) is 1. The van der Waals surface area contributed by atoms with Crippen LogP contribution in [0.15, 0.2) is 36.5 Å². The van der Waals surface area contributed by atoms with Crippen LogP contribution in [0.1, 0.15) is 53.3 Å². The van der Waals surface area contributed by atoms with Gasteiger partial charge in [0.1, 0.15) is 11.9 Å². The molecule has 1 saturated carbocycles. The van der Waals surface area contributed by atoms with Gasteiger partial charge in [0, 0.05) is 11.2 Å². The molecule has 162 valence electrons. The quantitative estimate of drug-likeness (QED) is 0.585. The molecule has 0 aliphatic heterocycles. The highest BCUT2D eigenvalue weighted by molar-refractivity contribution is 6.34. The van der Waals surface area contributed by atoms with Crippen LogP contribution in [0.25, 0.3) is 0 Å². The number of halogens is 6. The zero-order valence-electron chi connectivity index (χ0n) is 15.5. The first-order chi connectivity index (χ1) is 14.0. The van der Waals surface area contributed by atoms with Gasteiger partial charge in [-0.2, -0.15) is 13.2 Å². The summed E-state index contributed by atoms with van der Waals surface area (Å²) in [6, 6.07) is 5.95. The molecule has 0 bridgehead atoms. The Bertz CT molecular complexity index is 931. The fourth-order valence-electron chi connectivity index (χ4n) is 3.61. The Balaban J connectivity index is 1.97. The van der Waals surface area contributed by atoms with Crippen LogP contribution in [0.4, 0.5) is 17.6 Å². The Hall–Kier alpha value is -1.90. The molecule has 0 saturated heterocycles. The van der Waals surface area contributed by atoms with E-state index in [1.165, 1.54) is 6.07 Å². The summed E-state index contributed by atoms with van der Waals surface area (Å²) in [7, 11) is 0. The van der Waals surface area contributed by atoms with Gasteiger partial charge in [-0.3, -0.25) is 4.79 Å². The smallest absolute Gasteiger partial charge is 0.387 e. The van der Waals surface area contributed by atoms with Crippen molar-refractivity contribution in [2.24, 2.45) is 0 Å². The minimum absolute atomic E-state index is 0.0510. The van der Waals surface area contributed by atoms with Gasteiger partial charge < -0.3 is 10.4 Å². The number of nitrogens with one attached hydrogen (secondary N) is 1. The van der Waals surface area contributed by atoms with Gasteiger partial charge >= 0.3 is 6.18 Å². The highest BCUT2D eigenvalue weighted by atomic mass is 35.5. The van der Waals surface area contributed by atoms with Crippen LogP contribution in [0.3, 0.4) is 0 Å². The van der Waals surface area contributed by atoms with Crippen LogP contribution in [-0.2, 0) is 6.18 Å². The Morgan fingerprint density at radius 3 is 2.50 bits per heavy atom. The molecule has 1 aliphatic carbocycles. The summed E-state index contributed by atoms with van der Waals surface area (Å²) >= 11 is 11.8. The van der Waals surface area contributed by atoms with E-state index in [0.29, 0.717) is 16.7 Å². The fraction of sp³-hybridized carbons (Fsp3) is 0.400. The Morgan fingerprint density at radius 1 is 1.23 bits per heavy atom. The van der Waals surface area contributed by atoms with E-state index < -0.39 is 46.2 Å². The number of aromatic nitrogens is 1. The molecule has 1 aromatic carbocycles. The number of amides is 1. The number of rotatable bonds is 4. The van der Waals surface area contributed by atoms with Gasteiger partial charge in [-0.1, -0.05) is 35.3 Å². The first-order valence-electron chi connectivity index (χ1n) is 9.16. The molecule has 2 N–H and O–H groups in total. The lowest BCUT2D eigenvalue weighted by atomic mass is 9.76. The molecular formula is C20H18Cl2F4N2O2. The molecule has 3 rings (SSSR count). The molecule has 10 heteroatoms. The van der Waals surface area contributed by atoms with E-state index in [4.69, 9.17) is 23.2 Å². The molecule has 30 heavy (non-hydrogen) atoms. The largest absolute Gasteiger partial charge is 0.417 e. The number of hydrogen-bond acceptors (Lipinski definition) is 3. The topological polar surface area (TPSA) is 62.2 Å². The van der Waals surface area contributed by atoms with E-state index >= 15 is 0 Å². The van der Waals surface area contributed by atoms with E-state index in [9.17, 15) is 27.5 Å². The third-order valence-electron chi connectivity index (χ3n) is 5.19. The summed E-state index contributed by atoms with van der Waals surface area (Å²) < 4.78 is 53.0. The first-order valence-corrected chi connectivity index (χ1v) is 9.91. The number of carbonyl (C=O) groups is 1. The van der Waals surface area contributed by atoms with Crippen molar-refractivity contribution in [1.29, 1.82) is 0 Å². The number of carbonyl (C=O) groups excluding carboxylic acids is 1. The second-order valence-corrected chi connectivity index (χ2v) is 8.07. The number of pyridine rings is 1. The van der Waals surface area contributed by atoms with Crippen LogP contribution >= 0.6 is 23.2 Å². The van der Waals surface area contributed by atoms with Crippen molar-refractivity contribution in [2.75, 3.05) is 0 Å². The minimum Gasteiger partial charge on any atom is -0.387 e. The number of aliphatic hydroxyl groups is 1. The average molecular weight is 465 g/mol. The van der Waals surface area contributed by atoms with Gasteiger partial charge in [-0.05, 0) is 49.4 Å². The van der Waals surface area contributed by atoms with Gasteiger partial charge in [0.15, 0.2) is 0 Å². The second kappa shape index (κ2) is 8.69. The summed E-state index contributed by atoms with van der Waals surface area (Å²) in [5, 5.41) is 13.2. The zero-order valence-corrected chi connectivity index (χ0v) is 17.0. The van der Waals surface area contributed by atoms with Gasteiger partial charge in [-0.25, -0.2) is 9.37 Å². The summed E-state index contributed by atoms with van der Waals surface area (Å²) in [6.07, 6.45) is -4.72. The summed E-state index contributed by atoms with van der Waals surface area (Å²) in [5.41, 5.74) is -2.91. The average Bonchev–Trinajstić information content (AvgIpc) is 2.67. The van der Waals surface area contributed by atoms with Crippen LogP contribution in [0.2, 0.25) is 10.0 Å². The summed E-state index contributed by atoms with van der Waals surface area (Å²) in [5.74, 6) is -0.994. The molecule has 0 radical (unpaired) electrons. The van der Waals surface area contributed by atoms with E-state index in [1.54, 1.807) is 18.2 Å². The third kappa shape index (κ3) is 4.87. The van der Waals surface area contributed by atoms with Crippen molar-refractivity contribution >= 4 is 29.1 Å². The molecule has 0 spiro atoms. The van der Waals surface area contributed by atoms with Crippen LogP contribution in [0, 0.1) is 0 Å². The van der Waals surface area contributed by atoms with Crippen molar-refractivity contribution in [2.45, 2.75) is 49.7 Å². The van der Waals surface area contributed by atoms with Crippen molar-refractivity contribution in [1.82, 2.24) is 10.3 Å². The van der Waals surface area contributed by atoms with E-state index in [0.717, 1.165) is 6.20 Å². The molecular weight excluding hydrogens is 447 g/mol. The molecule has 2 aromatic rings. The number of benzene rings is 1. The van der Waals surface area contributed by atoms with Gasteiger partial charge in [0.25, 0.3) is 5.91 Å². The monoisotopic (exact) mass is 464 g/mol. The minimum atomic E-state index is -4.76. The van der Waals surface area contributed by atoms with Crippen LogP contribution < -0.4 is 5.32 Å². The summed E-state index contributed by atoms with van der Waals surface area (Å²) in [6.45, 7) is 0. The Morgan fingerprint density at radius 2 is 1.90 bits per heavy atom. The molecule has 4 nitrogen and oxygen atoms in total. The highest BCUT2D eigenvalue weighted by Gasteiger charge is 2.43. The lowest BCUT2D eigenvalue weighted by Gasteiger charge is -2.40. The number of alkyl halides is 4. The van der Waals surface area contributed by atoms with Crippen molar-refractivity contribution < 1.29 is 27.5 Å².